The molecular formula is C11H14ClNO2S. The highest BCUT2D eigenvalue weighted by atomic mass is 35.5. The molecule has 1 unspecified atom stereocenters. The molecule has 0 aromatic heterocycles. The normalized spacial score (nSPS) is 12.4. The highest BCUT2D eigenvalue weighted by Gasteiger charge is 2.17. The number of rotatable bonds is 6. The van der Waals surface area contributed by atoms with Crippen molar-refractivity contribution in [1.29, 1.82) is 0 Å². The molecule has 16 heavy (non-hydrogen) atoms. The van der Waals surface area contributed by atoms with Gasteiger partial charge in [0.1, 0.15) is 5.25 Å². The lowest BCUT2D eigenvalue weighted by Gasteiger charge is -2.11. The second kappa shape index (κ2) is 6.78. The van der Waals surface area contributed by atoms with E-state index in [9.17, 15) is 4.79 Å². The highest BCUT2D eigenvalue weighted by molar-refractivity contribution is 7.99. The minimum absolute atomic E-state index is 0.381. The summed E-state index contributed by atoms with van der Waals surface area (Å²) in [6.45, 7) is 0.381. The molecule has 0 spiro atoms. The summed E-state index contributed by atoms with van der Waals surface area (Å²) in [4.78, 5) is 10.9. The highest BCUT2D eigenvalue weighted by Crippen LogP contribution is 2.24. The monoisotopic (exact) mass is 259 g/mol. The first kappa shape index (κ1) is 13.4. The van der Waals surface area contributed by atoms with Crippen molar-refractivity contribution < 1.29 is 9.90 Å². The molecule has 3 nitrogen and oxygen atoms in total. The van der Waals surface area contributed by atoms with Crippen molar-refractivity contribution in [2.75, 3.05) is 6.54 Å². The summed E-state index contributed by atoms with van der Waals surface area (Å²) in [5, 5.41) is 9.16. The average Bonchev–Trinajstić information content (AvgIpc) is 2.26. The van der Waals surface area contributed by atoms with Crippen molar-refractivity contribution in [3.05, 3.63) is 34.9 Å². The van der Waals surface area contributed by atoms with Crippen LogP contribution in [0.1, 0.15) is 12.0 Å². The van der Waals surface area contributed by atoms with E-state index in [4.69, 9.17) is 22.4 Å². The summed E-state index contributed by atoms with van der Waals surface area (Å²) < 4.78 is 0. The molecule has 0 aliphatic rings. The maximum absolute atomic E-state index is 10.9. The van der Waals surface area contributed by atoms with Gasteiger partial charge in [0.25, 0.3) is 0 Å². The molecule has 0 amide bonds. The quantitative estimate of drug-likeness (QED) is 0.823. The van der Waals surface area contributed by atoms with Crippen molar-refractivity contribution in [2.45, 2.75) is 17.4 Å². The van der Waals surface area contributed by atoms with Crippen molar-refractivity contribution in [3.63, 3.8) is 0 Å². The van der Waals surface area contributed by atoms with Gasteiger partial charge < -0.3 is 10.8 Å². The van der Waals surface area contributed by atoms with Gasteiger partial charge in [0.2, 0.25) is 0 Å². The van der Waals surface area contributed by atoms with Gasteiger partial charge in [-0.25, -0.2) is 0 Å². The Labute approximate surface area is 104 Å². The van der Waals surface area contributed by atoms with Crippen LogP contribution in [0.4, 0.5) is 0 Å². The van der Waals surface area contributed by atoms with E-state index in [0.717, 1.165) is 5.56 Å². The summed E-state index contributed by atoms with van der Waals surface area (Å²) in [6, 6.07) is 7.44. The summed E-state index contributed by atoms with van der Waals surface area (Å²) >= 11 is 7.34. The molecule has 0 heterocycles. The summed E-state index contributed by atoms with van der Waals surface area (Å²) in [6.07, 6.45) is 0.477. The molecule has 0 saturated heterocycles. The molecule has 88 valence electrons. The van der Waals surface area contributed by atoms with Gasteiger partial charge in [-0.3, -0.25) is 4.79 Å². The van der Waals surface area contributed by atoms with Gasteiger partial charge in [-0.2, -0.15) is 0 Å². The third-order valence-corrected chi connectivity index (χ3v) is 3.79. The summed E-state index contributed by atoms with van der Waals surface area (Å²) in [5.74, 6) is -0.223. The molecule has 0 saturated carbocycles. The van der Waals surface area contributed by atoms with Gasteiger partial charge in [0.15, 0.2) is 0 Å². The molecule has 0 bridgehead atoms. The van der Waals surface area contributed by atoms with E-state index in [1.165, 1.54) is 11.8 Å². The third kappa shape index (κ3) is 4.04. The van der Waals surface area contributed by atoms with Crippen molar-refractivity contribution in [1.82, 2.24) is 0 Å². The molecule has 1 rings (SSSR count). The zero-order valence-electron chi connectivity index (χ0n) is 8.73. The van der Waals surface area contributed by atoms with E-state index < -0.39 is 11.2 Å². The van der Waals surface area contributed by atoms with Crippen LogP contribution in [0.25, 0.3) is 0 Å². The number of hydrogen-bond donors (Lipinski definition) is 2. The number of carbonyl (C=O) groups is 1. The molecule has 1 aromatic carbocycles. The van der Waals surface area contributed by atoms with Crippen LogP contribution in [-0.4, -0.2) is 22.9 Å². The molecular weight excluding hydrogens is 246 g/mol. The molecule has 3 N–H and O–H groups in total. The maximum atomic E-state index is 10.9. The second-order valence-corrected chi connectivity index (χ2v) is 4.90. The van der Waals surface area contributed by atoms with E-state index in [1.54, 1.807) is 6.07 Å². The van der Waals surface area contributed by atoms with Gasteiger partial charge in [-0.1, -0.05) is 29.8 Å². The molecule has 0 aliphatic heterocycles. The Bertz CT molecular complexity index is 360. The van der Waals surface area contributed by atoms with Crippen LogP contribution >= 0.6 is 23.4 Å². The van der Waals surface area contributed by atoms with Crippen LogP contribution in [0.15, 0.2) is 24.3 Å². The first-order valence-corrected chi connectivity index (χ1v) is 6.35. The van der Waals surface area contributed by atoms with Crippen molar-refractivity contribution in [3.8, 4) is 0 Å². The van der Waals surface area contributed by atoms with E-state index in [2.05, 4.69) is 0 Å². The number of benzene rings is 1. The molecule has 0 radical (unpaired) electrons. The smallest absolute Gasteiger partial charge is 0.316 e. The topological polar surface area (TPSA) is 63.3 Å². The maximum Gasteiger partial charge on any atom is 0.316 e. The fraction of sp³-hybridized carbons (Fsp3) is 0.364. The Hall–Kier alpha value is -0.710. The van der Waals surface area contributed by atoms with E-state index >= 15 is 0 Å². The van der Waals surface area contributed by atoms with Gasteiger partial charge in [0.05, 0.1) is 0 Å². The molecule has 1 aromatic rings. The first-order chi connectivity index (χ1) is 7.65. The molecule has 0 aliphatic carbocycles. The Morgan fingerprint density at radius 1 is 1.50 bits per heavy atom. The van der Waals surface area contributed by atoms with Crippen molar-refractivity contribution >= 4 is 29.3 Å². The van der Waals surface area contributed by atoms with Crippen LogP contribution < -0.4 is 5.73 Å². The lowest BCUT2D eigenvalue weighted by atomic mass is 10.2. The zero-order chi connectivity index (χ0) is 12.0. The number of aliphatic carboxylic acids is 1. The van der Waals surface area contributed by atoms with Gasteiger partial charge in [-0.05, 0) is 24.6 Å². The molecule has 0 fully saturated rings. The summed E-state index contributed by atoms with van der Waals surface area (Å²) in [5.41, 5.74) is 6.32. The fourth-order valence-corrected chi connectivity index (χ4v) is 2.59. The Kier molecular flexibility index (Phi) is 5.66. The largest absolute Gasteiger partial charge is 0.480 e. The van der Waals surface area contributed by atoms with E-state index in [1.807, 2.05) is 18.2 Å². The van der Waals surface area contributed by atoms with Crippen LogP contribution in [0, 0.1) is 0 Å². The third-order valence-electron chi connectivity index (χ3n) is 2.10. The Morgan fingerprint density at radius 3 is 2.75 bits per heavy atom. The van der Waals surface area contributed by atoms with Crippen LogP contribution in [0.5, 0.6) is 0 Å². The lowest BCUT2D eigenvalue weighted by molar-refractivity contribution is -0.136. The van der Waals surface area contributed by atoms with Gasteiger partial charge >= 0.3 is 5.97 Å². The Balaban J connectivity index is 2.55. The number of hydrogen-bond acceptors (Lipinski definition) is 3. The fourth-order valence-electron chi connectivity index (χ4n) is 1.24. The second-order valence-electron chi connectivity index (χ2n) is 3.31. The number of halogens is 1. The first-order valence-electron chi connectivity index (χ1n) is 4.93. The van der Waals surface area contributed by atoms with Crippen LogP contribution in [0.3, 0.4) is 0 Å². The standard InChI is InChI=1S/C11H14ClNO2S/c12-9-4-2-1-3-8(9)7-16-10(5-6-13)11(14)15/h1-4,10H,5-7,13H2,(H,14,15). The van der Waals surface area contributed by atoms with Gasteiger partial charge in [0, 0.05) is 10.8 Å². The lowest BCUT2D eigenvalue weighted by Crippen LogP contribution is -2.20. The predicted molar refractivity (Wildman–Crippen MR) is 67.8 cm³/mol. The van der Waals surface area contributed by atoms with Crippen molar-refractivity contribution in [2.24, 2.45) is 5.73 Å². The van der Waals surface area contributed by atoms with E-state index in [0.29, 0.717) is 23.7 Å². The minimum Gasteiger partial charge on any atom is -0.480 e. The number of carboxylic acid groups (broad SMARTS) is 1. The van der Waals surface area contributed by atoms with Gasteiger partial charge in [-0.15, -0.1) is 11.8 Å². The minimum atomic E-state index is -0.817. The Morgan fingerprint density at radius 2 is 2.19 bits per heavy atom. The number of thioether (sulfide) groups is 1. The SMILES string of the molecule is NCCC(SCc1ccccc1Cl)C(=O)O. The number of carboxylic acids is 1. The summed E-state index contributed by atoms with van der Waals surface area (Å²) in [7, 11) is 0. The number of nitrogens with two attached hydrogens (primary N) is 1. The zero-order valence-corrected chi connectivity index (χ0v) is 10.3. The van der Waals surface area contributed by atoms with Crippen LogP contribution in [0.2, 0.25) is 5.02 Å². The predicted octanol–water partition coefficient (Wildman–Crippen LogP) is 2.38. The molecule has 1 atom stereocenters. The molecule has 5 heteroatoms. The van der Waals surface area contributed by atoms with Crippen LogP contribution in [-0.2, 0) is 10.5 Å². The van der Waals surface area contributed by atoms with E-state index in [-0.39, 0.29) is 0 Å². The average molecular weight is 260 g/mol.